The first-order valence-corrected chi connectivity index (χ1v) is 8.42. The molecule has 0 atom stereocenters. The summed E-state index contributed by atoms with van der Waals surface area (Å²) in [5, 5.41) is 0.550. The van der Waals surface area contributed by atoms with Crippen molar-refractivity contribution < 1.29 is 0 Å². The molecule has 1 aromatic carbocycles. The minimum Gasteiger partial charge on any atom is -0.236 e. The highest BCUT2D eigenvalue weighted by Crippen LogP contribution is 2.29. The highest BCUT2D eigenvalue weighted by molar-refractivity contribution is 14.1. The molecule has 0 saturated heterocycles. The summed E-state index contributed by atoms with van der Waals surface area (Å²) in [6, 6.07) is 6.47. The van der Waals surface area contributed by atoms with Crippen molar-refractivity contribution in [1.29, 1.82) is 0 Å². The molecule has 0 fully saturated rings. The average molecular weight is 415 g/mol. The van der Waals surface area contributed by atoms with Crippen molar-refractivity contribution in [3.63, 3.8) is 0 Å². The van der Waals surface area contributed by atoms with E-state index in [1.807, 2.05) is 0 Å². The molecule has 2 nitrogen and oxygen atoms in total. The Hall–Kier alpha value is -0.680. The van der Waals surface area contributed by atoms with Crippen LogP contribution in [0.5, 0.6) is 0 Å². The maximum absolute atomic E-state index is 6.29. The Labute approximate surface area is 145 Å². The average Bonchev–Trinajstić information content (AvgIpc) is 2.36. The molecule has 2 rings (SSSR count). The van der Waals surface area contributed by atoms with Crippen molar-refractivity contribution in [3.8, 4) is 0 Å². The number of nitrogens with zero attached hydrogens (tertiary/aromatic N) is 2. The Kier molecular flexibility index (Phi) is 4.93. The van der Waals surface area contributed by atoms with Gasteiger partial charge in [-0.25, -0.2) is 9.97 Å². The molecule has 4 heteroatoms. The van der Waals surface area contributed by atoms with E-state index in [1.54, 1.807) is 0 Å². The normalized spacial score (nSPS) is 11.8. The second-order valence-corrected chi connectivity index (χ2v) is 7.88. The van der Waals surface area contributed by atoms with Crippen molar-refractivity contribution in [2.24, 2.45) is 0 Å². The molecule has 0 spiro atoms. The van der Waals surface area contributed by atoms with Gasteiger partial charge >= 0.3 is 0 Å². The summed E-state index contributed by atoms with van der Waals surface area (Å²) >= 11 is 8.52. The van der Waals surface area contributed by atoms with Gasteiger partial charge in [0.05, 0.1) is 9.26 Å². The summed E-state index contributed by atoms with van der Waals surface area (Å²) in [6.45, 7) is 10.7. The van der Waals surface area contributed by atoms with Crippen molar-refractivity contribution >= 4 is 34.2 Å². The molecule has 1 aromatic heterocycles. The van der Waals surface area contributed by atoms with Crippen molar-refractivity contribution in [2.45, 2.75) is 46.5 Å². The summed E-state index contributed by atoms with van der Waals surface area (Å²) in [5.74, 6) is 0.786. The Balaban J connectivity index is 2.41. The largest absolute Gasteiger partial charge is 0.236 e. The molecule has 0 bridgehead atoms. The van der Waals surface area contributed by atoms with Gasteiger partial charge in [-0.15, -0.1) is 0 Å². The molecule has 0 aliphatic carbocycles. The van der Waals surface area contributed by atoms with E-state index in [9.17, 15) is 0 Å². The SMILES string of the molecule is Cc1ccc(Cc2nc(Cl)c(I)c(C(C)(C)C)n2)cc1C. The van der Waals surface area contributed by atoms with Gasteiger partial charge in [-0.2, -0.15) is 0 Å². The van der Waals surface area contributed by atoms with E-state index in [0.29, 0.717) is 11.6 Å². The minimum atomic E-state index is -0.0406. The van der Waals surface area contributed by atoms with Crippen LogP contribution in [0.15, 0.2) is 18.2 Å². The quantitative estimate of drug-likeness (QED) is 0.496. The van der Waals surface area contributed by atoms with Crippen LogP contribution in [0.25, 0.3) is 0 Å². The molecule has 2 aromatic rings. The number of aryl methyl sites for hydroxylation is 2. The first-order valence-electron chi connectivity index (χ1n) is 6.97. The van der Waals surface area contributed by atoms with E-state index in [0.717, 1.165) is 15.1 Å². The van der Waals surface area contributed by atoms with Crippen molar-refractivity contribution in [2.75, 3.05) is 0 Å². The topological polar surface area (TPSA) is 25.8 Å². The van der Waals surface area contributed by atoms with E-state index >= 15 is 0 Å². The van der Waals surface area contributed by atoms with Gasteiger partial charge in [0.1, 0.15) is 11.0 Å². The van der Waals surface area contributed by atoms with Gasteiger partial charge in [0.15, 0.2) is 0 Å². The molecule has 0 radical (unpaired) electrons. The number of rotatable bonds is 2. The van der Waals surface area contributed by atoms with E-state index in [4.69, 9.17) is 16.6 Å². The summed E-state index contributed by atoms with van der Waals surface area (Å²) in [4.78, 5) is 9.19. The van der Waals surface area contributed by atoms with Gasteiger partial charge in [-0.3, -0.25) is 0 Å². The van der Waals surface area contributed by atoms with Crippen LogP contribution in [-0.4, -0.2) is 9.97 Å². The molecule has 0 amide bonds. The van der Waals surface area contributed by atoms with Crippen LogP contribution in [0.4, 0.5) is 0 Å². The third-order valence-electron chi connectivity index (χ3n) is 3.50. The fourth-order valence-electron chi connectivity index (χ4n) is 2.14. The molecule has 0 aliphatic rings. The fourth-order valence-corrected chi connectivity index (χ4v) is 3.37. The fraction of sp³-hybridized carbons (Fsp3) is 0.412. The molecule has 112 valence electrons. The summed E-state index contributed by atoms with van der Waals surface area (Å²) in [7, 11) is 0. The lowest BCUT2D eigenvalue weighted by Gasteiger charge is -2.20. The highest BCUT2D eigenvalue weighted by atomic mass is 127. The van der Waals surface area contributed by atoms with Crippen LogP contribution in [0.2, 0.25) is 5.15 Å². The third kappa shape index (κ3) is 3.95. The minimum absolute atomic E-state index is 0.0406. The summed E-state index contributed by atoms with van der Waals surface area (Å²) in [5.41, 5.74) is 4.79. The maximum Gasteiger partial charge on any atom is 0.146 e. The zero-order valence-electron chi connectivity index (χ0n) is 13.1. The first-order chi connectivity index (χ1) is 9.68. The van der Waals surface area contributed by atoms with E-state index in [-0.39, 0.29) is 5.41 Å². The van der Waals surface area contributed by atoms with Gasteiger partial charge in [-0.05, 0) is 53.1 Å². The van der Waals surface area contributed by atoms with Gasteiger partial charge in [-0.1, -0.05) is 50.6 Å². The lowest BCUT2D eigenvalue weighted by atomic mass is 9.92. The second kappa shape index (κ2) is 6.21. The Morgan fingerprint density at radius 3 is 2.33 bits per heavy atom. The zero-order chi connectivity index (χ0) is 15.8. The number of benzene rings is 1. The Bertz CT molecular complexity index is 675. The Morgan fingerprint density at radius 2 is 1.76 bits per heavy atom. The van der Waals surface area contributed by atoms with Crippen LogP contribution in [0.3, 0.4) is 0 Å². The Morgan fingerprint density at radius 1 is 1.10 bits per heavy atom. The molecule has 0 aliphatic heterocycles. The van der Waals surface area contributed by atoms with Gasteiger partial charge in [0, 0.05) is 11.8 Å². The second-order valence-electron chi connectivity index (χ2n) is 6.44. The predicted molar refractivity (Wildman–Crippen MR) is 97.2 cm³/mol. The molecule has 21 heavy (non-hydrogen) atoms. The smallest absolute Gasteiger partial charge is 0.146 e. The lowest BCUT2D eigenvalue weighted by molar-refractivity contribution is 0.558. The molecular formula is C17H20ClIN2. The van der Waals surface area contributed by atoms with Crippen molar-refractivity contribution in [1.82, 2.24) is 9.97 Å². The van der Waals surface area contributed by atoms with Crippen LogP contribution in [0, 0.1) is 17.4 Å². The van der Waals surface area contributed by atoms with Crippen LogP contribution in [0.1, 0.15) is 49.0 Å². The standard InChI is InChI=1S/C17H20ClIN2/c1-10-6-7-12(8-11(10)2)9-13-20-15(17(3,4)5)14(19)16(18)21-13/h6-8H,9H2,1-5H3. The van der Waals surface area contributed by atoms with E-state index in [1.165, 1.54) is 16.7 Å². The summed E-state index contributed by atoms with van der Waals surface area (Å²) < 4.78 is 0.950. The van der Waals surface area contributed by atoms with Crippen molar-refractivity contribution in [3.05, 3.63) is 55.1 Å². The lowest BCUT2D eigenvalue weighted by Crippen LogP contribution is -2.18. The molecule has 0 N–H and O–H groups in total. The van der Waals surface area contributed by atoms with Gasteiger partial charge in [0.2, 0.25) is 0 Å². The molecular weight excluding hydrogens is 395 g/mol. The summed E-state index contributed by atoms with van der Waals surface area (Å²) in [6.07, 6.45) is 0.709. The number of aromatic nitrogens is 2. The zero-order valence-corrected chi connectivity index (χ0v) is 16.0. The van der Waals surface area contributed by atoms with Crippen LogP contribution in [-0.2, 0) is 11.8 Å². The van der Waals surface area contributed by atoms with E-state index in [2.05, 4.69) is 80.4 Å². The first kappa shape index (κ1) is 16.7. The number of halogens is 2. The predicted octanol–water partition coefficient (Wildman–Crippen LogP) is 5.24. The number of hydrogen-bond acceptors (Lipinski definition) is 2. The molecule has 0 saturated carbocycles. The third-order valence-corrected chi connectivity index (χ3v) is 5.12. The molecule has 0 unspecified atom stereocenters. The van der Waals surface area contributed by atoms with Gasteiger partial charge < -0.3 is 0 Å². The number of hydrogen-bond donors (Lipinski definition) is 0. The molecule has 1 heterocycles. The highest BCUT2D eigenvalue weighted by Gasteiger charge is 2.22. The van der Waals surface area contributed by atoms with E-state index < -0.39 is 0 Å². The van der Waals surface area contributed by atoms with Gasteiger partial charge in [0.25, 0.3) is 0 Å². The monoisotopic (exact) mass is 414 g/mol. The van der Waals surface area contributed by atoms with Crippen LogP contribution >= 0.6 is 34.2 Å². The van der Waals surface area contributed by atoms with Crippen LogP contribution < -0.4 is 0 Å². The maximum atomic E-state index is 6.29.